The number of hydrogen-bond acceptors (Lipinski definition) is 7. The van der Waals surface area contributed by atoms with E-state index in [0.717, 1.165) is 9.75 Å². The minimum absolute atomic E-state index is 0.589. The predicted octanol–water partition coefficient (Wildman–Crippen LogP) is 5.12. The van der Waals surface area contributed by atoms with Gasteiger partial charge >= 0.3 is 0 Å². The summed E-state index contributed by atoms with van der Waals surface area (Å²) in [6.07, 6.45) is 3.50. The summed E-state index contributed by atoms with van der Waals surface area (Å²) in [4.78, 5) is 10.7. The van der Waals surface area contributed by atoms with Gasteiger partial charge in [-0.15, -0.1) is 34.0 Å². The second-order valence-corrected chi connectivity index (χ2v) is 7.20. The summed E-state index contributed by atoms with van der Waals surface area (Å²) in [6.45, 7) is 0. The van der Waals surface area contributed by atoms with E-state index in [-0.39, 0.29) is 0 Å². The van der Waals surface area contributed by atoms with Gasteiger partial charge in [-0.1, -0.05) is 0 Å². The van der Waals surface area contributed by atoms with E-state index in [1.165, 1.54) is 22.7 Å². The molecule has 0 aliphatic heterocycles. The molecule has 3 rings (SSSR count). The number of nitriles is 2. The third-order valence-corrected chi connectivity index (χ3v) is 5.39. The van der Waals surface area contributed by atoms with Crippen molar-refractivity contribution >= 4 is 56.4 Å². The number of hydrogen-bond donors (Lipinski definition) is 0. The van der Waals surface area contributed by atoms with Gasteiger partial charge in [0.2, 0.25) is 0 Å². The molecule has 0 saturated heterocycles. The van der Waals surface area contributed by atoms with Gasteiger partial charge in [-0.25, -0.2) is 9.98 Å². The molecule has 7 heteroatoms. The van der Waals surface area contributed by atoms with E-state index >= 15 is 0 Å². The predicted molar refractivity (Wildman–Crippen MR) is 96.9 cm³/mol. The number of nitrogens with zero attached hydrogens (tertiary/aromatic N) is 4. The summed E-state index contributed by atoms with van der Waals surface area (Å²) in [5.74, 6) is 0. The highest BCUT2D eigenvalue weighted by atomic mass is 32.1. The van der Waals surface area contributed by atoms with Gasteiger partial charge in [0.05, 0.1) is 11.1 Å². The quantitative estimate of drug-likeness (QED) is 0.612. The third kappa shape index (κ3) is 3.61. The fourth-order valence-electron chi connectivity index (χ4n) is 1.72. The van der Waals surface area contributed by atoms with Crippen molar-refractivity contribution in [2.75, 3.05) is 0 Å². The van der Waals surface area contributed by atoms with E-state index in [1.807, 2.05) is 22.9 Å². The first-order valence-electron chi connectivity index (χ1n) is 6.43. The van der Waals surface area contributed by atoms with Crippen molar-refractivity contribution in [3.05, 3.63) is 55.9 Å². The lowest BCUT2D eigenvalue weighted by molar-refractivity contribution is 1.49. The molecule has 0 amide bonds. The first kappa shape index (κ1) is 15.3. The molecule has 3 aromatic heterocycles. The Bertz CT molecular complexity index is 883. The Labute approximate surface area is 145 Å². The molecule has 0 aromatic carbocycles. The molecule has 0 spiro atoms. The smallest absolute Gasteiger partial charge is 0.133 e. The summed E-state index contributed by atoms with van der Waals surface area (Å²) >= 11 is 4.43. The summed E-state index contributed by atoms with van der Waals surface area (Å²) < 4.78 is 0. The highest BCUT2D eigenvalue weighted by Gasteiger charge is 2.02. The number of aliphatic imine (C=N–C) groups is 2. The summed E-state index contributed by atoms with van der Waals surface area (Å²) in [5.41, 5.74) is 1.18. The lowest BCUT2D eigenvalue weighted by Crippen LogP contribution is -1.72. The van der Waals surface area contributed by atoms with Gasteiger partial charge in [0.25, 0.3) is 0 Å². The van der Waals surface area contributed by atoms with Gasteiger partial charge < -0.3 is 0 Å². The standard InChI is InChI=1S/C16H8N4S3/c17-7-11-3-5-21-15(11)19-9-13-1-2-14(23-13)10-20-16-12(8-18)4-6-22-16/h1-6,9-10H/b19-9+,20-10+. The van der Waals surface area contributed by atoms with Crippen molar-refractivity contribution in [2.24, 2.45) is 9.98 Å². The summed E-state index contributed by atoms with van der Waals surface area (Å²) in [5, 5.41) is 23.1. The topological polar surface area (TPSA) is 72.3 Å². The van der Waals surface area contributed by atoms with E-state index in [4.69, 9.17) is 10.5 Å². The zero-order valence-corrected chi connectivity index (χ0v) is 14.1. The largest absolute Gasteiger partial charge is 0.243 e. The Morgan fingerprint density at radius 1 is 0.783 bits per heavy atom. The molecule has 110 valence electrons. The fourth-order valence-corrected chi connectivity index (χ4v) is 3.85. The van der Waals surface area contributed by atoms with E-state index in [1.54, 1.807) is 35.9 Å². The highest BCUT2D eigenvalue weighted by Crippen LogP contribution is 2.27. The van der Waals surface area contributed by atoms with Gasteiger partial charge in [0.1, 0.15) is 22.1 Å². The van der Waals surface area contributed by atoms with Crippen LogP contribution >= 0.6 is 34.0 Å². The minimum atomic E-state index is 0.589. The fraction of sp³-hybridized carbons (Fsp3) is 0. The SMILES string of the molecule is N#Cc1ccsc1/N=C/c1ccc(/C=N/c2sccc2C#N)s1. The molecule has 0 radical (unpaired) electrons. The molecule has 3 aromatic rings. The maximum atomic E-state index is 8.96. The Morgan fingerprint density at radius 2 is 1.26 bits per heavy atom. The second kappa shape index (κ2) is 7.12. The van der Waals surface area contributed by atoms with Crippen molar-refractivity contribution in [3.8, 4) is 12.1 Å². The molecule has 0 aliphatic carbocycles. The first-order chi connectivity index (χ1) is 11.3. The Hall–Kier alpha value is -2.58. The Balaban J connectivity index is 1.74. The van der Waals surface area contributed by atoms with Gasteiger partial charge in [-0.2, -0.15) is 10.5 Å². The van der Waals surface area contributed by atoms with Crippen LogP contribution in [0.3, 0.4) is 0 Å². The molecular weight excluding hydrogens is 344 g/mol. The molecule has 0 fully saturated rings. The van der Waals surface area contributed by atoms with E-state index in [9.17, 15) is 0 Å². The van der Waals surface area contributed by atoms with Gasteiger partial charge in [0, 0.05) is 22.2 Å². The molecule has 3 heterocycles. The van der Waals surface area contributed by atoms with Crippen molar-refractivity contribution in [2.45, 2.75) is 0 Å². The average Bonchev–Trinajstić information content (AvgIpc) is 3.30. The van der Waals surface area contributed by atoms with Crippen LogP contribution in [0.15, 0.2) is 45.0 Å². The van der Waals surface area contributed by atoms with Crippen LogP contribution in [0.2, 0.25) is 0 Å². The number of thiophene rings is 3. The van der Waals surface area contributed by atoms with Crippen LogP contribution in [0.1, 0.15) is 20.9 Å². The van der Waals surface area contributed by atoms with Crippen LogP contribution in [0.4, 0.5) is 10.0 Å². The monoisotopic (exact) mass is 352 g/mol. The van der Waals surface area contributed by atoms with Gasteiger partial charge in [0.15, 0.2) is 0 Å². The van der Waals surface area contributed by atoms with Crippen LogP contribution in [0.25, 0.3) is 0 Å². The number of rotatable bonds is 4. The molecule has 23 heavy (non-hydrogen) atoms. The van der Waals surface area contributed by atoms with Crippen LogP contribution in [0, 0.1) is 22.7 Å². The molecule has 0 saturated carbocycles. The van der Waals surface area contributed by atoms with Crippen molar-refractivity contribution in [3.63, 3.8) is 0 Å². The van der Waals surface area contributed by atoms with Crippen LogP contribution < -0.4 is 0 Å². The zero-order valence-electron chi connectivity index (χ0n) is 11.6. The highest BCUT2D eigenvalue weighted by molar-refractivity contribution is 7.16. The van der Waals surface area contributed by atoms with E-state index in [0.29, 0.717) is 21.1 Å². The molecule has 0 N–H and O–H groups in total. The van der Waals surface area contributed by atoms with Crippen LogP contribution in [-0.2, 0) is 0 Å². The van der Waals surface area contributed by atoms with Crippen molar-refractivity contribution < 1.29 is 0 Å². The van der Waals surface area contributed by atoms with Gasteiger partial charge in [-0.3, -0.25) is 0 Å². The molecule has 0 unspecified atom stereocenters. The van der Waals surface area contributed by atoms with E-state index in [2.05, 4.69) is 22.1 Å². The maximum Gasteiger partial charge on any atom is 0.133 e. The second-order valence-electron chi connectivity index (χ2n) is 4.26. The maximum absolute atomic E-state index is 8.96. The molecule has 0 aliphatic rings. The summed E-state index contributed by atoms with van der Waals surface area (Å²) in [6, 6.07) is 11.7. The zero-order chi connectivity index (χ0) is 16.1. The van der Waals surface area contributed by atoms with Crippen molar-refractivity contribution in [1.82, 2.24) is 0 Å². The lowest BCUT2D eigenvalue weighted by atomic mass is 10.3. The summed E-state index contributed by atoms with van der Waals surface area (Å²) in [7, 11) is 0. The third-order valence-electron chi connectivity index (χ3n) is 2.80. The average molecular weight is 352 g/mol. The lowest BCUT2D eigenvalue weighted by Gasteiger charge is -1.87. The first-order valence-corrected chi connectivity index (χ1v) is 9.01. The van der Waals surface area contributed by atoms with E-state index < -0.39 is 0 Å². The van der Waals surface area contributed by atoms with Gasteiger partial charge in [-0.05, 0) is 35.0 Å². The molecule has 0 atom stereocenters. The van der Waals surface area contributed by atoms with Crippen LogP contribution in [0.5, 0.6) is 0 Å². The molecular formula is C16H8N4S3. The van der Waals surface area contributed by atoms with Crippen molar-refractivity contribution in [1.29, 1.82) is 10.5 Å². The normalized spacial score (nSPS) is 11.0. The minimum Gasteiger partial charge on any atom is -0.243 e. The van der Waals surface area contributed by atoms with Crippen LogP contribution in [-0.4, -0.2) is 12.4 Å². The Kier molecular flexibility index (Phi) is 4.74. The molecule has 4 nitrogen and oxygen atoms in total. The molecule has 0 bridgehead atoms. The Morgan fingerprint density at radius 3 is 1.70 bits per heavy atom.